The molecule has 0 amide bonds. The molecule has 2 unspecified atom stereocenters. The summed E-state index contributed by atoms with van der Waals surface area (Å²) in [6, 6.07) is 43.3. The fourth-order valence-electron chi connectivity index (χ4n) is 8.10. The highest BCUT2D eigenvalue weighted by Crippen LogP contribution is 2.53. The molecular formula is C44H31NO4. The molecule has 1 saturated carbocycles. The Hall–Kier alpha value is -6.07. The van der Waals surface area contributed by atoms with Gasteiger partial charge in [-0.15, -0.1) is 0 Å². The molecule has 5 heteroatoms. The van der Waals surface area contributed by atoms with Crippen LogP contribution in [0.3, 0.4) is 0 Å². The van der Waals surface area contributed by atoms with Gasteiger partial charge in [0.05, 0.1) is 11.1 Å². The number of rotatable bonds is 5. The van der Waals surface area contributed by atoms with Crippen molar-refractivity contribution in [3.8, 4) is 22.3 Å². The first-order chi connectivity index (χ1) is 23.9. The lowest BCUT2D eigenvalue weighted by molar-refractivity contribution is 0.0696. The predicted octanol–water partition coefficient (Wildman–Crippen LogP) is 10.1. The molecule has 0 aromatic heterocycles. The lowest BCUT2D eigenvalue weighted by Crippen LogP contribution is -2.26. The molecule has 1 heterocycles. The Morgan fingerprint density at radius 3 is 2.16 bits per heavy atom. The van der Waals surface area contributed by atoms with Gasteiger partial charge in [0.25, 0.3) is 0 Å². The van der Waals surface area contributed by atoms with Gasteiger partial charge in [-0.2, -0.15) is 0 Å². The number of Topliss-reactive ketones (excluding diaryl/α,β-unsaturated/α-hetero) is 2. The summed E-state index contributed by atoms with van der Waals surface area (Å²) in [6.07, 6.45) is 5.24. The van der Waals surface area contributed by atoms with Crippen molar-refractivity contribution in [2.24, 2.45) is 0 Å². The van der Waals surface area contributed by atoms with Crippen LogP contribution < -0.4 is 4.90 Å². The van der Waals surface area contributed by atoms with Crippen LogP contribution in [0.15, 0.2) is 133 Å². The van der Waals surface area contributed by atoms with Gasteiger partial charge in [-0.25, -0.2) is 4.79 Å². The maximum Gasteiger partial charge on any atom is 0.335 e. The Labute approximate surface area is 283 Å². The van der Waals surface area contributed by atoms with Crippen molar-refractivity contribution in [2.75, 3.05) is 4.90 Å². The van der Waals surface area contributed by atoms with E-state index in [0.29, 0.717) is 12.0 Å². The molecule has 6 aromatic carbocycles. The summed E-state index contributed by atoms with van der Waals surface area (Å²) in [6.45, 7) is 0. The minimum absolute atomic E-state index is 0.0137. The number of allylic oxidation sites excluding steroid dienone is 1. The van der Waals surface area contributed by atoms with Crippen molar-refractivity contribution in [3.63, 3.8) is 0 Å². The second kappa shape index (κ2) is 11.3. The number of aromatic carboxylic acids is 1. The van der Waals surface area contributed by atoms with E-state index in [1.807, 2.05) is 24.3 Å². The molecular weight excluding hydrogens is 606 g/mol. The summed E-state index contributed by atoms with van der Waals surface area (Å²) >= 11 is 0. The Kier molecular flexibility index (Phi) is 6.70. The molecule has 9 rings (SSSR count). The normalized spacial score (nSPS) is 18.6. The summed E-state index contributed by atoms with van der Waals surface area (Å²) in [7, 11) is 0. The van der Waals surface area contributed by atoms with Crippen LogP contribution in [0.1, 0.15) is 67.4 Å². The number of nitrogens with zero attached hydrogens (tertiary/aromatic N) is 1. The summed E-state index contributed by atoms with van der Waals surface area (Å²) in [4.78, 5) is 40.1. The lowest BCUT2D eigenvalue weighted by atomic mass is 9.93. The van der Waals surface area contributed by atoms with Crippen molar-refractivity contribution >= 4 is 45.8 Å². The van der Waals surface area contributed by atoms with Gasteiger partial charge in [-0.1, -0.05) is 79.2 Å². The van der Waals surface area contributed by atoms with Crippen molar-refractivity contribution in [2.45, 2.75) is 31.2 Å². The molecule has 0 spiro atoms. The van der Waals surface area contributed by atoms with Gasteiger partial charge < -0.3 is 10.0 Å². The van der Waals surface area contributed by atoms with E-state index in [0.717, 1.165) is 21.9 Å². The van der Waals surface area contributed by atoms with Crippen molar-refractivity contribution in [1.82, 2.24) is 0 Å². The Bertz CT molecular complexity index is 2390. The third kappa shape index (κ3) is 4.81. The van der Waals surface area contributed by atoms with E-state index < -0.39 is 11.8 Å². The second-order valence-corrected chi connectivity index (χ2v) is 13.3. The smallest absolute Gasteiger partial charge is 0.335 e. The molecule has 6 aromatic rings. The minimum Gasteiger partial charge on any atom is -0.478 e. The predicted molar refractivity (Wildman–Crippen MR) is 194 cm³/mol. The van der Waals surface area contributed by atoms with Gasteiger partial charge in [0, 0.05) is 34.5 Å². The number of carbonyl (C=O) groups is 3. The Balaban J connectivity index is 1.00. The summed E-state index contributed by atoms with van der Waals surface area (Å²) in [5.41, 5.74) is 9.94. The van der Waals surface area contributed by atoms with Crippen LogP contribution in [0, 0.1) is 0 Å². The van der Waals surface area contributed by atoms with Crippen LogP contribution in [0.5, 0.6) is 0 Å². The average Bonchev–Trinajstić information content (AvgIpc) is 3.80. The monoisotopic (exact) mass is 637 g/mol. The van der Waals surface area contributed by atoms with Crippen LogP contribution in [0.2, 0.25) is 0 Å². The molecule has 0 saturated heterocycles. The molecule has 1 fully saturated rings. The molecule has 236 valence electrons. The van der Waals surface area contributed by atoms with Crippen LogP contribution in [-0.2, 0) is 0 Å². The third-order valence-electron chi connectivity index (χ3n) is 10.5. The zero-order chi connectivity index (χ0) is 33.2. The average molecular weight is 638 g/mol. The zero-order valence-electron chi connectivity index (χ0n) is 26.6. The molecule has 2 atom stereocenters. The topological polar surface area (TPSA) is 74.7 Å². The summed E-state index contributed by atoms with van der Waals surface area (Å²) in [5.74, 6) is -1.44. The molecule has 1 N–H and O–H groups in total. The molecule has 49 heavy (non-hydrogen) atoms. The van der Waals surface area contributed by atoms with Gasteiger partial charge in [-0.3, -0.25) is 9.59 Å². The molecule has 0 bridgehead atoms. The van der Waals surface area contributed by atoms with Crippen LogP contribution in [0.4, 0.5) is 11.4 Å². The van der Waals surface area contributed by atoms with Gasteiger partial charge in [0.1, 0.15) is 0 Å². The van der Waals surface area contributed by atoms with Crippen LogP contribution >= 0.6 is 0 Å². The first-order valence-corrected chi connectivity index (χ1v) is 16.7. The third-order valence-corrected chi connectivity index (χ3v) is 10.5. The highest BCUT2D eigenvalue weighted by Gasteiger charge is 2.42. The summed E-state index contributed by atoms with van der Waals surface area (Å²) < 4.78 is 0. The first-order valence-electron chi connectivity index (χ1n) is 16.7. The zero-order valence-corrected chi connectivity index (χ0v) is 26.6. The fourth-order valence-corrected chi connectivity index (χ4v) is 8.10. The number of fused-ring (bicyclic) bond motifs is 5. The van der Waals surface area contributed by atoms with E-state index >= 15 is 0 Å². The van der Waals surface area contributed by atoms with Gasteiger partial charge in [0.2, 0.25) is 0 Å². The van der Waals surface area contributed by atoms with E-state index in [-0.39, 0.29) is 28.0 Å². The largest absolute Gasteiger partial charge is 0.478 e. The molecule has 2 aliphatic carbocycles. The highest BCUT2D eigenvalue weighted by atomic mass is 16.4. The molecule has 3 aliphatic rings. The van der Waals surface area contributed by atoms with Gasteiger partial charge in [-0.05, 0) is 118 Å². The molecule has 1 aliphatic heterocycles. The standard InChI is InChI=1S/C44H31NO4/c46-42-36-19-15-33(44(48)49)25-38(36)43(47)39(42)22-26-9-10-30-23-31(12-11-29(30)21-26)32-16-20-41-37(24-32)35-7-4-8-40(35)45(41)34-17-13-28(14-18-34)27-5-2-1-3-6-27/h1-3,5-6,9-25,35,40H,4,7-8H2,(H,48,49)/b39-22+. The number of hydrogen-bond acceptors (Lipinski definition) is 4. The highest BCUT2D eigenvalue weighted by molar-refractivity contribution is 6.41. The van der Waals surface area contributed by atoms with E-state index in [9.17, 15) is 19.5 Å². The van der Waals surface area contributed by atoms with E-state index in [1.54, 1.807) is 6.08 Å². The van der Waals surface area contributed by atoms with Crippen LogP contribution in [-0.4, -0.2) is 28.7 Å². The number of anilines is 2. The van der Waals surface area contributed by atoms with Crippen molar-refractivity contribution in [1.29, 1.82) is 0 Å². The minimum atomic E-state index is -1.14. The van der Waals surface area contributed by atoms with E-state index in [4.69, 9.17) is 0 Å². The van der Waals surface area contributed by atoms with Crippen LogP contribution in [0.25, 0.3) is 39.1 Å². The Morgan fingerprint density at radius 1 is 0.653 bits per heavy atom. The molecule has 0 radical (unpaired) electrons. The van der Waals surface area contributed by atoms with E-state index in [1.165, 1.54) is 71.1 Å². The maximum atomic E-state index is 13.1. The van der Waals surface area contributed by atoms with Gasteiger partial charge >= 0.3 is 5.97 Å². The van der Waals surface area contributed by atoms with Crippen molar-refractivity contribution < 1.29 is 19.5 Å². The van der Waals surface area contributed by atoms with Crippen molar-refractivity contribution in [3.05, 3.63) is 161 Å². The SMILES string of the molecule is O=C(O)c1ccc2c(c1)C(=O)/C(=C/c1ccc3cc(-c4ccc5c(c4)C4CCCC4N5c4ccc(-c5ccccc5)cc4)ccc3c1)C2=O. The number of hydrogen-bond donors (Lipinski definition) is 1. The maximum absolute atomic E-state index is 13.1. The summed E-state index contributed by atoms with van der Waals surface area (Å²) in [5, 5.41) is 11.4. The Morgan fingerprint density at radius 2 is 1.35 bits per heavy atom. The lowest BCUT2D eigenvalue weighted by Gasteiger charge is -2.27. The number of benzene rings is 6. The first kappa shape index (κ1) is 29.1. The van der Waals surface area contributed by atoms with E-state index in [2.05, 4.69) is 89.8 Å². The number of ketones is 2. The number of carboxylic acids is 1. The van der Waals surface area contributed by atoms with Gasteiger partial charge in [0.15, 0.2) is 11.6 Å². The quantitative estimate of drug-likeness (QED) is 0.150. The second-order valence-electron chi connectivity index (χ2n) is 13.3. The number of carbonyl (C=O) groups excluding carboxylic acids is 2. The fraction of sp³-hybridized carbons (Fsp3) is 0.114. The number of carboxylic acid groups (broad SMARTS) is 1. The molecule has 5 nitrogen and oxygen atoms in total.